The predicted molar refractivity (Wildman–Crippen MR) is 110 cm³/mol. The minimum Gasteiger partial charge on any atom is -0.376 e. The summed E-state index contributed by atoms with van der Waals surface area (Å²) >= 11 is 0. The molecule has 1 aromatic heterocycles. The second kappa shape index (κ2) is 9.12. The molecule has 2 atom stereocenters. The van der Waals surface area contributed by atoms with Crippen LogP contribution in [0.5, 0.6) is 0 Å². The zero-order chi connectivity index (χ0) is 22.0. The van der Waals surface area contributed by atoms with Gasteiger partial charge in [0, 0.05) is 38.5 Å². The maximum absolute atomic E-state index is 13.1. The van der Waals surface area contributed by atoms with Gasteiger partial charge in [0.1, 0.15) is 0 Å². The molecule has 170 valence electrons. The molecule has 2 aliphatic heterocycles. The van der Waals surface area contributed by atoms with Gasteiger partial charge >= 0.3 is 6.18 Å². The molecule has 2 unspecified atom stereocenters. The topological polar surface area (TPSA) is 59.3 Å². The molecule has 0 spiro atoms. The van der Waals surface area contributed by atoms with E-state index in [1.807, 2.05) is 9.58 Å². The first-order chi connectivity index (χ1) is 14.8. The summed E-state index contributed by atoms with van der Waals surface area (Å²) in [5.41, 5.74) is -0.000387. The lowest BCUT2D eigenvalue weighted by Gasteiger charge is -2.41. The van der Waals surface area contributed by atoms with E-state index in [4.69, 9.17) is 4.74 Å². The minimum absolute atomic E-state index is 0.0417. The van der Waals surface area contributed by atoms with Gasteiger partial charge in [0.2, 0.25) is 0 Å². The van der Waals surface area contributed by atoms with E-state index in [0.29, 0.717) is 25.3 Å². The van der Waals surface area contributed by atoms with E-state index < -0.39 is 11.7 Å². The van der Waals surface area contributed by atoms with Crippen molar-refractivity contribution in [2.45, 2.75) is 51.6 Å². The van der Waals surface area contributed by atoms with Crippen LogP contribution in [0.2, 0.25) is 0 Å². The second-order valence-corrected chi connectivity index (χ2v) is 8.61. The third kappa shape index (κ3) is 5.01. The predicted octanol–water partition coefficient (Wildman–Crippen LogP) is 3.39. The Morgan fingerprint density at radius 1 is 1.16 bits per heavy atom. The van der Waals surface area contributed by atoms with E-state index in [9.17, 15) is 13.2 Å². The van der Waals surface area contributed by atoms with E-state index in [0.717, 1.165) is 44.4 Å². The highest BCUT2D eigenvalue weighted by atomic mass is 19.4. The smallest absolute Gasteiger partial charge is 0.376 e. The van der Waals surface area contributed by atoms with Crippen LogP contribution >= 0.6 is 0 Å². The molecule has 0 bridgehead atoms. The maximum atomic E-state index is 13.1. The minimum atomic E-state index is -4.33. The van der Waals surface area contributed by atoms with Crippen LogP contribution in [-0.4, -0.2) is 64.0 Å². The standard InChI is InChI=1S/C21H29F3N6O/c1-15(2)19(20-25-26-27-30(20)14-18-7-4-12-31-18)29-10-8-28(9-11-29)17-6-3-5-16(13-17)21(22,23)24/h3,5-6,13,15,18-19H,4,7-12,14H2,1-2H3. The fraction of sp³-hybridized carbons (Fsp3) is 0.667. The summed E-state index contributed by atoms with van der Waals surface area (Å²) < 4.78 is 46.8. The van der Waals surface area contributed by atoms with Crippen molar-refractivity contribution in [2.75, 3.05) is 37.7 Å². The van der Waals surface area contributed by atoms with Gasteiger partial charge in [-0.25, -0.2) is 4.68 Å². The largest absolute Gasteiger partial charge is 0.416 e. The van der Waals surface area contributed by atoms with Gasteiger partial charge in [0.05, 0.1) is 24.3 Å². The Morgan fingerprint density at radius 2 is 1.94 bits per heavy atom. The van der Waals surface area contributed by atoms with Gasteiger partial charge in [-0.3, -0.25) is 4.90 Å². The normalized spacial score (nSPS) is 21.7. The van der Waals surface area contributed by atoms with Crippen LogP contribution in [0.4, 0.5) is 18.9 Å². The molecular formula is C21H29F3N6O. The number of piperazine rings is 1. The molecular weight excluding hydrogens is 409 g/mol. The first-order valence-electron chi connectivity index (χ1n) is 10.9. The molecule has 0 amide bonds. The second-order valence-electron chi connectivity index (χ2n) is 8.61. The molecule has 0 aliphatic carbocycles. The summed E-state index contributed by atoms with van der Waals surface area (Å²) in [4.78, 5) is 4.35. The van der Waals surface area contributed by atoms with Crippen molar-refractivity contribution >= 4 is 5.69 Å². The number of alkyl halides is 3. The van der Waals surface area contributed by atoms with Gasteiger partial charge in [-0.05, 0) is 47.4 Å². The van der Waals surface area contributed by atoms with E-state index in [1.54, 1.807) is 6.07 Å². The zero-order valence-electron chi connectivity index (χ0n) is 17.9. The van der Waals surface area contributed by atoms with Crippen molar-refractivity contribution in [3.63, 3.8) is 0 Å². The number of ether oxygens (including phenoxy) is 1. The Labute approximate surface area is 180 Å². The van der Waals surface area contributed by atoms with Gasteiger partial charge in [-0.2, -0.15) is 13.2 Å². The van der Waals surface area contributed by atoms with Crippen molar-refractivity contribution < 1.29 is 17.9 Å². The van der Waals surface area contributed by atoms with Crippen molar-refractivity contribution in [1.29, 1.82) is 0 Å². The van der Waals surface area contributed by atoms with Crippen LogP contribution in [0, 0.1) is 5.92 Å². The average molecular weight is 438 g/mol. The van der Waals surface area contributed by atoms with Gasteiger partial charge in [-0.1, -0.05) is 19.9 Å². The highest BCUT2D eigenvalue weighted by molar-refractivity contribution is 5.49. The number of hydrogen-bond donors (Lipinski definition) is 0. The Hall–Kier alpha value is -2.20. The Kier molecular flexibility index (Phi) is 6.47. The summed E-state index contributed by atoms with van der Waals surface area (Å²) in [6.07, 6.45) is -2.11. The molecule has 4 rings (SSSR count). The fourth-order valence-corrected chi connectivity index (χ4v) is 4.55. The van der Waals surface area contributed by atoms with Crippen molar-refractivity contribution in [2.24, 2.45) is 5.92 Å². The van der Waals surface area contributed by atoms with E-state index >= 15 is 0 Å². The molecule has 10 heteroatoms. The maximum Gasteiger partial charge on any atom is 0.416 e. The van der Waals surface area contributed by atoms with E-state index in [2.05, 4.69) is 34.3 Å². The number of rotatable bonds is 6. The van der Waals surface area contributed by atoms with Gasteiger partial charge in [-0.15, -0.1) is 5.10 Å². The van der Waals surface area contributed by atoms with Crippen LogP contribution in [0.3, 0.4) is 0 Å². The van der Waals surface area contributed by atoms with E-state index in [-0.39, 0.29) is 18.1 Å². The van der Waals surface area contributed by atoms with Crippen LogP contribution in [-0.2, 0) is 17.5 Å². The van der Waals surface area contributed by atoms with Crippen molar-refractivity contribution in [3.8, 4) is 0 Å². The number of tetrazole rings is 1. The van der Waals surface area contributed by atoms with Gasteiger partial charge in [0.25, 0.3) is 0 Å². The van der Waals surface area contributed by atoms with E-state index in [1.165, 1.54) is 12.1 Å². The lowest BCUT2D eigenvalue weighted by molar-refractivity contribution is -0.137. The molecule has 2 aliphatic rings. The van der Waals surface area contributed by atoms with Crippen molar-refractivity contribution in [3.05, 3.63) is 35.7 Å². The third-order valence-electron chi connectivity index (χ3n) is 6.10. The molecule has 3 heterocycles. The van der Waals surface area contributed by atoms with Gasteiger partial charge in [0.15, 0.2) is 5.82 Å². The molecule has 7 nitrogen and oxygen atoms in total. The summed E-state index contributed by atoms with van der Waals surface area (Å²) in [7, 11) is 0. The van der Waals surface area contributed by atoms with Crippen LogP contribution in [0.1, 0.15) is 44.1 Å². The molecule has 0 N–H and O–H groups in total. The molecule has 2 saturated heterocycles. The number of anilines is 1. The Morgan fingerprint density at radius 3 is 2.58 bits per heavy atom. The Bertz CT molecular complexity index is 857. The lowest BCUT2D eigenvalue weighted by atomic mass is 10.0. The SMILES string of the molecule is CC(C)C(c1nnnn1CC1CCCO1)N1CCN(c2cccc(C(F)(F)F)c2)CC1. The summed E-state index contributed by atoms with van der Waals surface area (Å²) in [6, 6.07) is 5.61. The fourth-order valence-electron chi connectivity index (χ4n) is 4.55. The zero-order valence-corrected chi connectivity index (χ0v) is 17.9. The first-order valence-corrected chi connectivity index (χ1v) is 10.9. The van der Waals surface area contributed by atoms with Crippen LogP contribution < -0.4 is 4.90 Å². The summed E-state index contributed by atoms with van der Waals surface area (Å²) in [5, 5.41) is 12.5. The number of hydrogen-bond acceptors (Lipinski definition) is 6. The quantitative estimate of drug-likeness (QED) is 0.689. The lowest BCUT2D eigenvalue weighted by Crippen LogP contribution is -2.49. The first kappa shape index (κ1) is 22.0. The van der Waals surface area contributed by atoms with Gasteiger partial charge < -0.3 is 9.64 Å². The van der Waals surface area contributed by atoms with Crippen molar-refractivity contribution in [1.82, 2.24) is 25.1 Å². The van der Waals surface area contributed by atoms with Crippen LogP contribution in [0.25, 0.3) is 0 Å². The molecule has 1 aromatic carbocycles. The van der Waals surface area contributed by atoms with Crippen LogP contribution in [0.15, 0.2) is 24.3 Å². The highest BCUT2D eigenvalue weighted by Crippen LogP contribution is 2.33. The summed E-state index contributed by atoms with van der Waals surface area (Å²) in [5.74, 6) is 1.12. The average Bonchev–Trinajstić information content (AvgIpc) is 3.41. The number of benzene rings is 1. The number of aromatic nitrogens is 4. The Balaban J connectivity index is 1.45. The number of nitrogens with zero attached hydrogens (tertiary/aromatic N) is 6. The molecule has 0 radical (unpaired) electrons. The molecule has 2 aromatic rings. The number of halogens is 3. The highest BCUT2D eigenvalue weighted by Gasteiger charge is 2.34. The summed E-state index contributed by atoms with van der Waals surface area (Å²) in [6.45, 7) is 8.49. The monoisotopic (exact) mass is 438 g/mol. The molecule has 0 saturated carbocycles. The molecule has 2 fully saturated rings. The third-order valence-corrected chi connectivity index (χ3v) is 6.10. The molecule has 31 heavy (non-hydrogen) atoms.